The molecule has 2 heterocycles. The van der Waals surface area contributed by atoms with Gasteiger partial charge in [0.15, 0.2) is 0 Å². The monoisotopic (exact) mass is 267 g/mol. The second-order valence-electron chi connectivity index (χ2n) is 6.58. The highest BCUT2D eigenvalue weighted by molar-refractivity contribution is 5.82. The van der Waals surface area contributed by atoms with Crippen LogP contribution in [0.1, 0.15) is 47.0 Å². The summed E-state index contributed by atoms with van der Waals surface area (Å²) < 4.78 is 0. The first kappa shape index (κ1) is 14.8. The van der Waals surface area contributed by atoms with Gasteiger partial charge in [0.25, 0.3) is 0 Å². The molecule has 2 fully saturated rings. The van der Waals surface area contributed by atoms with E-state index in [0.29, 0.717) is 36.5 Å². The van der Waals surface area contributed by atoms with Crippen LogP contribution in [0, 0.1) is 5.92 Å². The lowest BCUT2D eigenvalue weighted by Crippen LogP contribution is -2.51. The van der Waals surface area contributed by atoms with E-state index >= 15 is 0 Å². The first-order valence-electron chi connectivity index (χ1n) is 7.73. The van der Waals surface area contributed by atoms with Crippen LogP contribution in [0.5, 0.6) is 0 Å². The fourth-order valence-electron chi connectivity index (χ4n) is 3.97. The molecule has 2 aliphatic heterocycles. The quantitative estimate of drug-likeness (QED) is 0.842. The van der Waals surface area contributed by atoms with Gasteiger partial charge in [-0.2, -0.15) is 0 Å². The Bertz CT molecular complexity index is 323. The summed E-state index contributed by atoms with van der Waals surface area (Å²) in [7, 11) is 0. The second kappa shape index (κ2) is 5.80. The van der Waals surface area contributed by atoms with Crippen LogP contribution < -0.4 is 5.73 Å². The van der Waals surface area contributed by atoms with Crippen molar-refractivity contribution in [1.82, 2.24) is 9.80 Å². The number of amides is 1. The number of hydrogen-bond donors (Lipinski definition) is 1. The van der Waals surface area contributed by atoms with Gasteiger partial charge in [-0.3, -0.25) is 9.69 Å². The van der Waals surface area contributed by atoms with Crippen molar-refractivity contribution in [3.05, 3.63) is 0 Å². The van der Waals surface area contributed by atoms with Crippen LogP contribution in [-0.2, 0) is 4.79 Å². The summed E-state index contributed by atoms with van der Waals surface area (Å²) >= 11 is 0. The molecule has 4 nitrogen and oxygen atoms in total. The Labute approximate surface area is 117 Å². The SMILES string of the molecule is CC1CC(CN)CN1C(=O)C(C)N1C(C)CCC1C. The van der Waals surface area contributed by atoms with E-state index in [2.05, 4.69) is 37.5 Å². The first-order chi connectivity index (χ1) is 8.95. The Hall–Kier alpha value is -0.610. The summed E-state index contributed by atoms with van der Waals surface area (Å²) in [6, 6.07) is 1.40. The van der Waals surface area contributed by atoms with Crippen molar-refractivity contribution < 1.29 is 4.79 Å². The van der Waals surface area contributed by atoms with E-state index < -0.39 is 0 Å². The van der Waals surface area contributed by atoms with E-state index in [-0.39, 0.29) is 6.04 Å². The van der Waals surface area contributed by atoms with E-state index in [1.165, 1.54) is 12.8 Å². The minimum atomic E-state index is 0.00599. The van der Waals surface area contributed by atoms with Gasteiger partial charge >= 0.3 is 0 Å². The third-order valence-electron chi connectivity index (χ3n) is 5.10. The number of nitrogens with two attached hydrogens (primary N) is 1. The Kier molecular flexibility index (Phi) is 4.51. The van der Waals surface area contributed by atoms with E-state index in [4.69, 9.17) is 5.73 Å². The highest BCUT2D eigenvalue weighted by Crippen LogP contribution is 2.29. The van der Waals surface area contributed by atoms with Crippen LogP contribution in [0.2, 0.25) is 0 Å². The molecule has 0 saturated carbocycles. The molecule has 5 unspecified atom stereocenters. The average Bonchev–Trinajstić information content (AvgIpc) is 2.91. The summed E-state index contributed by atoms with van der Waals surface area (Å²) in [5.41, 5.74) is 5.75. The van der Waals surface area contributed by atoms with Crippen LogP contribution in [0.25, 0.3) is 0 Å². The number of likely N-dealkylation sites (tertiary alicyclic amines) is 2. The summed E-state index contributed by atoms with van der Waals surface area (Å²) in [5.74, 6) is 0.781. The zero-order valence-electron chi connectivity index (χ0n) is 12.8. The van der Waals surface area contributed by atoms with Crippen molar-refractivity contribution in [3.8, 4) is 0 Å². The van der Waals surface area contributed by atoms with Gasteiger partial charge < -0.3 is 10.6 Å². The molecule has 2 rings (SSSR count). The molecule has 19 heavy (non-hydrogen) atoms. The highest BCUT2D eigenvalue weighted by Gasteiger charge is 2.39. The van der Waals surface area contributed by atoms with Crippen LogP contribution in [0.3, 0.4) is 0 Å². The summed E-state index contributed by atoms with van der Waals surface area (Å²) in [6.45, 7) is 10.2. The van der Waals surface area contributed by atoms with Crippen molar-refractivity contribution in [2.45, 2.75) is 71.1 Å². The summed E-state index contributed by atoms with van der Waals surface area (Å²) in [5, 5.41) is 0. The second-order valence-corrected chi connectivity index (χ2v) is 6.58. The fraction of sp³-hybridized carbons (Fsp3) is 0.933. The van der Waals surface area contributed by atoms with E-state index in [0.717, 1.165) is 13.0 Å². The molecule has 0 radical (unpaired) electrons. The molecule has 0 aromatic rings. The number of carbonyl (C=O) groups is 1. The Morgan fingerprint density at radius 3 is 2.26 bits per heavy atom. The molecule has 0 aromatic carbocycles. The maximum atomic E-state index is 12.7. The summed E-state index contributed by atoms with van der Waals surface area (Å²) in [4.78, 5) is 17.2. The number of hydrogen-bond acceptors (Lipinski definition) is 3. The van der Waals surface area contributed by atoms with Crippen molar-refractivity contribution in [2.24, 2.45) is 11.7 Å². The van der Waals surface area contributed by atoms with Gasteiger partial charge in [-0.05, 0) is 59.4 Å². The van der Waals surface area contributed by atoms with Gasteiger partial charge in [0.2, 0.25) is 5.91 Å². The predicted molar refractivity (Wildman–Crippen MR) is 77.8 cm³/mol. The smallest absolute Gasteiger partial charge is 0.239 e. The minimum Gasteiger partial charge on any atom is -0.338 e. The molecule has 2 N–H and O–H groups in total. The minimum absolute atomic E-state index is 0.00599. The molecule has 1 amide bonds. The van der Waals surface area contributed by atoms with Crippen LogP contribution in [0.15, 0.2) is 0 Å². The molecular weight excluding hydrogens is 238 g/mol. The lowest BCUT2D eigenvalue weighted by atomic mass is 10.1. The number of nitrogens with zero attached hydrogens (tertiary/aromatic N) is 2. The Morgan fingerprint density at radius 2 is 1.79 bits per heavy atom. The zero-order chi connectivity index (χ0) is 14.2. The molecule has 0 bridgehead atoms. The van der Waals surface area contributed by atoms with Crippen LogP contribution in [-0.4, -0.2) is 53.0 Å². The number of carbonyl (C=O) groups excluding carboxylic acids is 1. The van der Waals surface area contributed by atoms with Gasteiger partial charge in [0, 0.05) is 24.7 Å². The van der Waals surface area contributed by atoms with Crippen molar-refractivity contribution in [1.29, 1.82) is 0 Å². The van der Waals surface area contributed by atoms with Gasteiger partial charge in [-0.1, -0.05) is 0 Å². The standard InChI is InChI=1S/C15H29N3O/c1-10-5-6-11(2)18(10)13(4)15(19)17-9-14(8-16)7-12(17)3/h10-14H,5-9,16H2,1-4H3. The molecule has 0 aliphatic carbocycles. The molecule has 0 aromatic heterocycles. The first-order valence-corrected chi connectivity index (χ1v) is 7.73. The Morgan fingerprint density at radius 1 is 1.21 bits per heavy atom. The van der Waals surface area contributed by atoms with Gasteiger partial charge in [0.1, 0.15) is 0 Å². The maximum Gasteiger partial charge on any atom is 0.239 e. The fourth-order valence-corrected chi connectivity index (χ4v) is 3.97. The largest absolute Gasteiger partial charge is 0.338 e. The topological polar surface area (TPSA) is 49.6 Å². The summed E-state index contributed by atoms with van der Waals surface area (Å²) in [6.07, 6.45) is 3.47. The van der Waals surface area contributed by atoms with E-state index in [1.54, 1.807) is 0 Å². The maximum absolute atomic E-state index is 12.7. The lowest BCUT2D eigenvalue weighted by Gasteiger charge is -2.35. The van der Waals surface area contributed by atoms with Crippen LogP contribution in [0.4, 0.5) is 0 Å². The van der Waals surface area contributed by atoms with Gasteiger partial charge in [-0.15, -0.1) is 0 Å². The normalized spacial score (nSPS) is 37.8. The van der Waals surface area contributed by atoms with Crippen molar-refractivity contribution >= 4 is 5.91 Å². The third-order valence-corrected chi connectivity index (χ3v) is 5.10. The molecule has 2 saturated heterocycles. The molecular formula is C15H29N3O. The highest BCUT2D eigenvalue weighted by atomic mass is 16.2. The third kappa shape index (κ3) is 2.79. The molecule has 110 valence electrons. The Balaban J connectivity index is 2.03. The number of rotatable bonds is 3. The van der Waals surface area contributed by atoms with Crippen LogP contribution >= 0.6 is 0 Å². The molecule has 5 atom stereocenters. The molecule has 0 spiro atoms. The van der Waals surface area contributed by atoms with Crippen molar-refractivity contribution in [3.63, 3.8) is 0 Å². The van der Waals surface area contributed by atoms with Crippen molar-refractivity contribution in [2.75, 3.05) is 13.1 Å². The van der Waals surface area contributed by atoms with E-state index in [9.17, 15) is 4.79 Å². The van der Waals surface area contributed by atoms with E-state index in [1.807, 2.05) is 0 Å². The van der Waals surface area contributed by atoms with Gasteiger partial charge in [-0.25, -0.2) is 0 Å². The predicted octanol–water partition coefficient (Wildman–Crippen LogP) is 1.44. The average molecular weight is 267 g/mol. The zero-order valence-corrected chi connectivity index (χ0v) is 12.8. The molecule has 2 aliphatic rings. The molecule has 4 heteroatoms. The van der Waals surface area contributed by atoms with Gasteiger partial charge in [0.05, 0.1) is 6.04 Å². The lowest BCUT2D eigenvalue weighted by molar-refractivity contribution is -0.138.